The minimum Gasteiger partial charge on any atom is -0.294 e. The molecule has 13 heavy (non-hydrogen) atoms. The molecular formula is C9H5ClFNO. The summed E-state index contributed by atoms with van der Waals surface area (Å²) < 4.78 is 13.1. The molecule has 0 atom stereocenters. The van der Waals surface area contributed by atoms with Crippen LogP contribution in [0.2, 0.25) is 5.02 Å². The normalized spacial score (nSPS) is 9.38. The van der Waals surface area contributed by atoms with E-state index in [1.54, 1.807) is 6.07 Å². The van der Waals surface area contributed by atoms with E-state index in [0.29, 0.717) is 0 Å². The number of hydrogen-bond acceptors (Lipinski definition) is 2. The molecule has 2 nitrogen and oxygen atoms in total. The Morgan fingerprint density at radius 3 is 2.69 bits per heavy atom. The van der Waals surface area contributed by atoms with Crippen LogP contribution < -0.4 is 0 Å². The molecule has 1 aromatic carbocycles. The summed E-state index contributed by atoms with van der Waals surface area (Å²) in [5.41, 5.74) is 0.0284. The molecule has 66 valence electrons. The molecule has 0 spiro atoms. The zero-order valence-electron chi connectivity index (χ0n) is 6.77. The lowest BCUT2D eigenvalue weighted by molar-refractivity contribution is 0.101. The van der Waals surface area contributed by atoms with Gasteiger partial charge in [-0.2, -0.15) is 5.26 Å². The van der Waals surface area contributed by atoms with Crippen molar-refractivity contribution in [3.63, 3.8) is 0 Å². The Hall–Kier alpha value is -1.40. The number of nitrogens with zero attached hydrogens (tertiary/aromatic N) is 1. The molecule has 0 saturated carbocycles. The van der Waals surface area contributed by atoms with E-state index in [1.165, 1.54) is 19.1 Å². The van der Waals surface area contributed by atoms with E-state index in [4.69, 9.17) is 16.9 Å². The highest BCUT2D eigenvalue weighted by Gasteiger charge is 2.12. The van der Waals surface area contributed by atoms with E-state index < -0.39 is 11.6 Å². The Kier molecular flexibility index (Phi) is 2.64. The summed E-state index contributed by atoms with van der Waals surface area (Å²) in [5, 5.41) is 8.31. The maximum absolute atomic E-state index is 13.1. The molecular weight excluding hydrogens is 193 g/mol. The monoisotopic (exact) mass is 197 g/mol. The quantitative estimate of drug-likeness (QED) is 0.650. The lowest BCUT2D eigenvalue weighted by atomic mass is 10.1. The average molecular weight is 198 g/mol. The van der Waals surface area contributed by atoms with E-state index in [9.17, 15) is 9.18 Å². The SMILES string of the molecule is CC(=O)c1cc(C#N)cc(Cl)c1F. The van der Waals surface area contributed by atoms with Gasteiger partial charge >= 0.3 is 0 Å². The van der Waals surface area contributed by atoms with Crippen molar-refractivity contribution in [1.82, 2.24) is 0 Å². The number of rotatable bonds is 1. The van der Waals surface area contributed by atoms with Crippen molar-refractivity contribution in [2.24, 2.45) is 0 Å². The van der Waals surface area contributed by atoms with Crippen LogP contribution in [0.5, 0.6) is 0 Å². The number of nitriles is 1. The number of carbonyl (C=O) groups is 1. The van der Waals surface area contributed by atoms with Gasteiger partial charge in [-0.25, -0.2) is 4.39 Å². The number of hydrogen-bond donors (Lipinski definition) is 0. The third-order valence-electron chi connectivity index (χ3n) is 1.54. The second kappa shape index (κ2) is 3.55. The maximum Gasteiger partial charge on any atom is 0.162 e. The van der Waals surface area contributed by atoms with Crippen LogP contribution in [0.4, 0.5) is 4.39 Å². The van der Waals surface area contributed by atoms with Gasteiger partial charge in [-0.15, -0.1) is 0 Å². The van der Waals surface area contributed by atoms with Gasteiger partial charge in [0.15, 0.2) is 11.6 Å². The highest BCUT2D eigenvalue weighted by Crippen LogP contribution is 2.20. The zero-order valence-corrected chi connectivity index (χ0v) is 7.52. The number of ketones is 1. The minimum absolute atomic E-state index is 0.149. The van der Waals surface area contributed by atoms with Gasteiger partial charge in [-0.3, -0.25) is 4.79 Å². The molecule has 0 fully saturated rings. The Bertz CT molecular complexity index is 409. The van der Waals surface area contributed by atoms with Gasteiger partial charge < -0.3 is 0 Å². The summed E-state index contributed by atoms with van der Waals surface area (Å²) in [4.78, 5) is 10.9. The molecule has 0 aromatic heterocycles. The maximum atomic E-state index is 13.1. The number of halogens is 2. The highest BCUT2D eigenvalue weighted by atomic mass is 35.5. The predicted molar refractivity (Wildman–Crippen MR) is 46.1 cm³/mol. The fraction of sp³-hybridized carbons (Fsp3) is 0.111. The molecule has 0 heterocycles. The smallest absolute Gasteiger partial charge is 0.162 e. The highest BCUT2D eigenvalue weighted by molar-refractivity contribution is 6.31. The van der Waals surface area contributed by atoms with Crippen molar-refractivity contribution in [2.45, 2.75) is 6.92 Å². The average Bonchev–Trinajstić information content (AvgIpc) is 2.09. The summed E-state index contributed by atoms with van der Waals surface area (Å²) in [6, 6.07) is 4.15. The molecule has 0 aliphatic heterocycles. The topological polar surface area (TPSA) is 40.9 Å². The van der Waals surface area contributed by atoms with E-state index in [1.807, 2.05) is 0 Å². The third kappa shape index (κ3) is 1.85. The Balaban J connectivity index is 3.44. The molecule has 1 rings (SSSR count). The number of Topliss-reactive ketones (excluding diaryl/α,β-unsaturated/α-hetero) is 1. The third-order valence-corrected chi connectivity index (χ3v) is 1.81. The van der Waals surface area contributed by atoms with Crippen LogP contribution >= 0.6 is 11.6 Å². The largest absolute Gasteiger partial charge is 0.294 e. The minimum atomic E-state index is -0.770. The van der Waals surface area contributed by atoms with Crippen LogP contribution in [0.1, 0.15) is 22.8 Å². The lowest BCUT2D eigenvalue weighted by Crippen LogP contribution is -1.98. The molecule has 4 heteroatoms. The Morgan fingerprint density at radius 1 is 1.62 bits per heavy atom. The van der Waals surface area contributed by atoms with Gasteiger partial charge in [0.25, 0.3) is 0 Å². The summed E-state index contributed by atoms with van der Waals surface area (Å²) in [5.74, 6) is -1.22. The first-order valence-corrected chi connectivity index (χ1v) is 3.84. The van der Waals surface area contributed by atoms with Crippen LogP contribution in [0.3, 0.4) is 0 Å². The Labute approximate surface area is 79.5 Å². The van der Waals surface area contributed by atoms with Crippen LogP contribution in [0.25, 0.3) is 0 Å². The van der Waals surface area contributed by atoms with Crippen molar-refractivity contribution in [1.29, 1.82) is 5.26 Å². The van der Waals surface area contributed by atoms with Crippen LogP contribution in [0.15, 0.2) is 12.1 Å². The van der Waals surface area contributed by atoms with E-state index in [2.05, 4.69) is 0 Å². The fourth-order valence-electron chi connectivity index (χ4n) is 0.910. The standard InChI is InChI=1S/C9H5ClFNO/c1-5(13)7-2-6(4-12)3-8(10)9(7)11/h2-3H,1H3. The summed E-state index contributed by atoms with van der Waals surface area (Å²) >= 11 is 5.46. The zero-order chi connectivity index (χ0) is 10.0. The molecule has 0 bridgehead atoms. The van der Waals surface area contributed by atoms with Crippen molar-refractivity contribution < 1.29 is 9.18 Å². The van der Waals surface area contributed by atoms with Gasteiger partial charge in [0.05, 0.1) is 22.2 Å². The first kappa shape index (κ1) is 9.69. The molecule has 0 aliphatic carbocycles. The van der Waals surface area contributed by atoms with Crippen molar-refractivity contribution in [3.05, 3.63) is 34.1 Å². The van der Waals surface area contributed by atoms with Crippen LogP contribution in [-0.2, 0) is 0 Å². The van der Waals surface area contributed by atoms with Gasteiger partial charge in [0, 0.05) is 0 Å². The molecule has 0 N–H and O–H groups in total. The second-order valence-electron chi connectivity index (χ2n) is 2.49. The van der Waals surface area contributed by atoms with E-state index >= 15 is 0 Å². The lowest BCUT2D eigenvalue weighted by Gasteiger charge is -2.00. The van der Waals surface area contributed by atoms with E-state index in [0.717, 1.165) is 0 Å². The molecule has 0 amide bonds. The second-order valence-corrected chi connectivity index (χ2v) is 2.89. The summed E-state index contributed by atoms with van der Waals surface area (Å²) in [6.07, 6.45) is 0. The van der Waals surface area contributed by atoms with E-state index in [-0.39, 0.29) is 16.1 Å². The molecule has 1 aromatic rings. The molecule has 0 aliphatic rings. The molecule has 0 saturated heterocycles. The molecule has 0 unspecified atom stereocenters. The van der Waals surface area contributed by atoms with Gasteiger partial charge in [0.2, 0.25) is 0 Å². The van der Waals surface area contributed by atoms with Crippen molar-refractivity contribution in [3.8, 4) is 6.07 Å². The summed E-state index contributed by atoms with van der Waals surface area (Å²) in [6.45, 7) is 1.22. The first-order chi connectivity index (χ1) is 6.06. The van der Waals surface area contributed by atoms with Crippen LogP contribution in [0, 0.1) is 17.1 Å². The van der Waals surface area contributed by atoms with Gasteiger partial charge in [-0.1, -0.05) is 11.6 Å². The number of benzene rings is 1. The summed E-state index contributed by atoms with van der Waals surface area (Å²) in [7, 11) is 0. The van der Waals surface area contributed by atoms with Crippen molar-refractivity contribution >= 4 is 17.4 Å². The first-order valence-electron chi connectivity index (χ1n) is 3.46. The number of carbonyl (C=O) groups excluding carboxylic acids is 1. The van der Waals surface area contributed by atoms with Gasteiger partial charge in [-0.05, 0) is 19.1 Å². The molecule has 0 radical (unpaired) electrons. The Morgan fingerprint density at radius 2 is 2.23 bits per heavy atom. The van der Waals surface area contributed by atoms with Crippen LogP contribution in [-0.4, -0.2) is 5.78 Å². The van der Waals surface area contributed by atoms with Gasteiger partial charge in [0.1, 0.15) is 0 Å². The van der Waals surface area contributed by atoms with Crippen molar-refractivity contribution in [2.75, 3.05) is 0 Å². The fourth-order valence-corrected chi connectivity index (χ4v) is 1.13. The predicted octanol–water partition coefficient (Wildman–Crippen LogP) is 2.55.